The van der Waals surface area contributed by atoms with Crippen molar-refractivity contribution in [2.45, 2.75) is 11.9 Å². The molecular weight excluding hydrogens is 528 g/mol. The van der Waals surface area contributed by atoms with E-state index < -0.39 is 23.1 Å². The average molecular weight is 545 g/mol. The maximum atomic E-state index is 13.9. The topological polar surface area (TPSA) is 72.9 Å². The van der Waals surface area contributed by atoms with Crippen LogP contribution in [0, 0.1) is 0 Å². The molecule has 0 amide bonds. The Balaban J connectivity index is 1.88. The molecule has 3 aromatic heterocycles. The van der Waals surface area contributed by atoms with E-state index >= 15 is 0 Å². The van der Waals surface area contributed by atoms with Crippen LogP contribution in [0.25, 0.3) is 22.2 Å². The van der Waals surface area contributed by atoms with E-state index in [0.717, 1.165) is 12.3 Å². The molecule has 0 saturated carbocycles. The summed E-state index contributed by atoms with van der Waals surface area (Å²) in [4.78, 5) is 20.8. The molecule has 37 heavy (non-hydrogen) atoms. The van der Waals surface area contributed by atoms with Gasteiger partial charge in [0.05, 0.1) is 18.2 Å². The van der Waals surface area contributed by atoms with Crippen LogP contribution in [-0.4, -0.2) is 24.2 Å². The summed E-state index contributed by atoms with van der Waals surface area (Å²) in [6.45, 7) is 0. The molecule has 1 atom stereocenters. The summed E-state index contributed by atoms with van der Waals surface area (Å²) < 4.78 is 43.0. The summed E-state index contributed by atoms with van der Waals surface area (Å²) >= 11 is 12.2. The van der Waals surface area contributed by atoms with Crippen molar-refractivity contribution in [1.29, 1.82) is 0 Å². The van der Waals surface area contributed by atoms with Crippen molar-refractivity contribution in [3.63, 3.8) is 0 Å². The Morgan fingerprint density at radius 2 is 1.65 bits per heavy atom. The van der Waals surface area contributed by atoms with Crippen LogP contribution in [-0.2, 0) is 18.9 Å². The molecule has 0 aliphatic carbocycles. The highest BCUT2D eigenvalue weighted by atomic mass is 35.5. The van der Waals surface area contributed by atoms with Gasteiger partial charge in [-0.2, -0.15) is 0 Å². The maximum absolute atomic E-state index is 13.9. The molecule has 0 radical (unpaired) electrons. The normalized spacial score (nSPS) is 13.6. The van der Waals surface area contributed by atoms with Crippen LogP contribution in [0.4, 0.5) is 13.2 Å². The lowest BCUT2D eigenvalue weighted by molar-refractivity contribution is -0.203. The molecule has 1 unspecified atom stereocenters. The number of benzene rings is 2. The van der Waals surface area contributed by atoms with Crippen LogP contribution in [0.5, 0.6) is 0 Å². The van der Waals surface area contributed by atoms with Gasteiger partial charge in [-0.15, -0.1) is 13.2 Å². The smallest absolute Gasteiger partial charge is 0.374 e. The van der Waals surface area contributed by atoms with E-state index in [1.807, 2.05) is 0 Å². The number of alkyl halides is 3. The number of hydrogen-bond acceptors (Lipinski definition) is 4. The molecule has 188 valence electrons. The van der Waals surface area contributed by atoms with Gasteiger partial charge in [-0.25, -0.2) is 14.5 Å². The highest BCUT2D eigenvalue weighted by Crippen LogP contribution is 2.39. The van der Waals surface area contributed by atoms with E-state index in [1.165, 1.54) is 24.7 Å². The third-order valence-electron chi connectivity index (χ3n) is 6.11. The number of rotatable bonds is 4. The number of nitrogens with zero attached hydrogens (tertiary/aromatic N) is 4. The van der Waals surface area contributed by atoms with Gasteiger partial charge in [0, 0.05) is 40.3 Å². The number of fused-ring (bicyclic) bond motifs is 1. The summed E-state index contributed by atoms with van der Waals surface area (Å²) in [5, 5.41) is 12.9. The van der Waals surface area contributed by atoms with Gasteiger partial charge in [0.2, 0.25) is 0 Å². The fourth-order valence-corrected chi connectivity index (χ4v) is 4.72. The lowest BCUT2D eigenvalue weighted by atomic mass is 9.83. The fraction of sp³-hybridized carbons (Fsp3) is 0.115. The summed E-state index contributed by atoms with van der Waals surface area (Å²) in [7, 11) is 1.68. The standard InChI is InChI=1S/C26H17Cl2F3N4O2/c1-34-14-32-13-22(34)25(37,16-5-7-18(27)8-6-16)17-10-21-20(15-3-2-4-19(28)9-15)11-23(36)35(26(29,30)31)24(21)33-12-17/h2-14,37H,1H3. The molecule has 3 heterocycles. The molecule has 0 saturated heterocycles. The van der Waals surface area contributed by atoms with Gasteiger partial charge < -0.3 is 9.67 Å². The first kappa shape index (κ1) is 25.0. The first-order chi connectivity index (χ1) is 17.5. The second-order valence-corrected chi connectivity index (χ2v) is 9.28. The van der Waals surface area contributed by atoms with E-state index in [4.69, 9.17) is 23.2 Å². The van der Waals surface area contributed by atoms with Crippen LogP contribution in [0.1, 0.15) is 16.8 Å². The van der Waals surface area contributed by atoms with Gasteiger partial charge in [0.25, 0.3) is 5.56 Å². The zero-order valence-corrected chi connectivity index (χ0v) is 20.6. The third kappa shape index (κ3) is 4.29. The van der Waals surface area contributed by atoms with Crippen molar-refractivity contribution in [3.05, 3.63) is 117 Å². The first-order valence-electron chi connectivity index (χ1n) is 10.8. The molecule has 0 fully saturated rings. The molecule has 6 nitrogen and oxygen atoms in total. The summed E-state index contributed by atoms with van der Waals surface area (Å²) in [5.74, 6) is 0. The predicted octanol–water partition coefficient (Wildman–Crippen LogP) is 5.86. The predicted molar refractivity (Wildman–Crippen MR) is 135 cm³/mol. The molecule has 0 spiro atoms. The van der Waals surface area contributed by atoms with Gasteiger partial charge in [0.1, 0.15) is 0 Å². The number of aryl methyl sites for hydroxylation is 1. The lowest BCUT2D eigenvalue weighted by Gasteiger charge is -2.30. The van der Waals surface area contributed by atoms with Crippen molar-refractivity contribution >= 4 is 34.2 Å². The molecule has 5 aromatic rings. The average Bonchev–Trinajstić information content (AvgIpc) is 3.28. The molecule has 2 aromatic carbocycles. The van der Waals surface area contributed by atoms with E-state index in [9.17, 15) is 23.1 Å². The number of imidazole rings is 1. The van der Waals surface area contributed by atoms with Crippen LogP contribution in [0.3, 0.4) is 0 Å². The maximum Gasteiger partial charge on any atom is 0.493 e. The Hall–Kier alpha value is -3.66. The Bertz CT molecular complexity index is 1700. The van der Waals surface area contributed by atoms with Gasteiger partial charge in [-0.05, 0) is 47.0 Å². The minimum absolute atomic E-state index is 0.00810. The highest BCUT2D eigenvalue weighted by molar-refractivity contribution is 6.31. The van der Waals surface area contributed by atoms with Crippen LogP contribution in [0.2, 0.25) is 10.0 Å². The molecule has 1 N–H and O–H groups in total. The van der Waals surface area contributed by atoms with Crippen LogP contribution in [0.15, 0.2) is 84.2 Å². The quantitative estimate of drug-likeness (QED) is 0.307. The van der Waals surface area contributed by atoms with Crippen LogP contribution < -0.4 is 5.56 Å². The van der Waals surface area contributed by atoms with E-state index in [0.29, 0.717) is 26.9 Å². The number of pyridine rings is 2. The largest absolute Gasteiger partial charge is 0.493 e. The number of aliphatic hydroxyl groups is 1. The van der Waals surface area contributed by atoms with Crippen molar-refractivity contribution in [2.75, 3.05) is 0 Å². The molecule has 0 aliphatic heterocycles. The first-order valence-corrected chi connectivity index (χ1v) is 11.6. The number of aromatic nitrogens is 4. The minimum atomic E-state index is -5.02. The van der Waals surface area contributed by atoms with Gasteiger partial charge >= 0.3 is 6.30 Å². The monoisotopic (exact) mass is 544 g/mol. The fourth-order valence-electron chi connectivity index (χ4n) is 4.40. The second kappa shape index (κ2) is 9.02. The Labute approximate surface area is 218 Å². The molecule has 0 bridgehead atoms. The lowest BCUT2D eigenvalue weighted by Crippen LogP contribution is -2.33. The third-order valence-corrected chi connectivity index (χ3v) is 6.60. The summed E-state index contributed by atoms with van der Waals surface area (Å²) in [5.41, 5.74) is -2.31. The Morgan fingerprint density at radius 3 is 2.27 bits per heavy atom. The van der Waals surface area contributed by atoms with Crippen LogP contribution >= 0.6 is 23.2 Å². The molecule has 11 heteroatoms. The number of halogens is 5. The molecule has 0 aliphatic rings. The Kier molecular flexibility index (Phi) is 6.10. The molecular formula is C26H17Cl2F3N4O2. The second-order valence-electron chi connectivity index (χ2n) is 8.41. The SMILES string of the molecule is Cn1cncc1C(O)(c1ccc(Cl)cc1)c1cnc2c(c1)c(-c1cccc(Cl)c1)cc(=O)n2C(F)(F)F. The minimum Gasteiger partial charge on any atom is -0.374 e. The van der Waals surface area contributed by atoms with E-state index in [-0.39, 0.29) is 21.1 Å². The van der Waals surface area contributed by atoms with Crippen molar-refractivity contribution < 1.29 is 18.3 Å². The zero-order chi connectivity index (χ0) is 26.5. The van der Waals surface area contributed by atoms with E-state index in [2.05, 4.69) is 9.97 Å². The number of hydrogen-bond donors (Lipinski definition) is 1. The summed E-state index contributed by atoms with van der Waals surface area (Å²) in [6.07, 6.45) is -0.963. The van der Waals surface area contributed by atoms with Gasteiger partial charge in [-0.1, -0.05) is 47.5 Å². The van der Waals surface area contributed by atoms with Gasteiger partial charge in [0.15, 0.2) is 11.2 Å². The zero-order valence-electron chi connectivity index (χ0n) is 19.0. The van der Waals surface area contributed by atoms with Crippen molar-refractivity contribution in [1.82, 2.24) is 19.1 Å². The van der Waals surface area contributed by atoms with Crippen molar-refractivity contribution in [3.8, 4) is 11.1 Å². The van der Waals surface area contributed by atoms with E-state index in [1.54, 1.807) is 54.1 Å². The molecule has 5 rings (SSSR count). The van der Waals surface area contributed by atoms with Gasteiger partial charge in [-0.3, -0.25) is 4.79 Å². The Morgan fingerprint density at radius 1 is 0.919 bits per heavy atom. The highest BCUT2D eigenvalue weighted by Gasteiger charge is 2.39. The summed E-state index contributed by atoms with van der Waals surface area (Å²) in [6, 6.07) is 15.1. The van der Waals surface area contributed by atoms with Crippen molar-refractivity contribution in [2.24, 2.45) is 7.05 Å².